The van der Waals surface area contributed by atoms with Crippen molar-refractivity contribution in [1.82, 2.24) is 16.0 Å². The van der Waals surface area contributed by atoms with Crippen LogP contribution >= 0.6 is 0 Å². The van der Waals surface area contributed by atoms with Crippen molar-refractivity contribution in [3.8, 4) is 0 Å². The SMILES string of the molecule is CCC1=CN(CCF)NN1. The second kappa shape index (κ2) is 3.41. The maximum atomic E-state index is 11.7. The molecule has 0 radical (unpaired) electrons. The Kier molecular flexibility index (Phi) is 2.50. The summed E-state index contributed by atoms with van der Waals surface area (Å²) >= 11 is 0. The lowest BCUT2D eigenvalue weighted by Crippen LogP contribution is -2.37. The summed E-state index contributed by atoms with van der Waals surface area (Å²) in [6.07, 6.45) is 2.81. The first-order chi connectivity index (χ1) is 4.86. The van der Waals surface area contributed by atoms with Crippen LogP contribution in [0.4, 0.5) is 4.39 Å². The molecule has 1 aliphatic heterocycles. The summed E-state index contributed by atoms with van der Waals surface area (Å²) < 4.78 is 11.7. The van der Waals surface area contributed by atoms with Crippen LogP contribution in [0, 0.1) is 0 Å². The van der Waals surface area contributed by atoms with Gasteiger partial charge in [0.15, 0.2) is 0 Å². The van der Waals surface area contributed by atoms with E-state index in [0.29, 0.717) is 6.54 Å². The van der Waals surface area contributed by atoms with Crippen LogP contribution in [0.15, 0.2) is 11.9 Å². The van der Waals surface area contributed by atoms with Gasteiger partial charge in [-0.2, -0.15) is 0 Å². The Morgan fingerprint density at radius 1 is 1.70 bits per heavy atom. The highest BCUT2D eigenvalue weighted by Gasteiger charge is 2.07. The van der Waals surface area contributed by atoms with Crippen LogP contribution < -0.4 is 11.0 Å². The predicted octanol–water partition coefficient (Wildman–Crippen LogP) is 0.532. The molecule has 1 aliphatic rings. The number of rotatable bonds is 3. The maximum absolute atomic E-state index is 11.7. The van der Waals surface area contributed by atoms with Crippen LogP contribution in [0.1, 0.15) is 13.3 Å². The molecule has 0 spiro atoms. The molecule has 2 N–H and O–H groups in total. The fourth-order valence-electron chi connectivity index (χ4n) is 0.787. The minimum atomic E-state index is -0.331. The second-order valence-corrected chi connectivity index (χ2v) is 2.13. The van der Waals surface area contributed by atoms with Crippen molar-refractivity contribution in [3.63, 3.8) is 0 Å². The smallest absolute Gasteiger partial charge is 0.109 e. The number of nitrogens with zero attached hydrogens (tertiary/aromatic N) is 1. The largest absolute Gasteiger partial charge is 0.306 e. The van der Waals surface area contributed by atoms with E-state index >= 15 is 0 Å². The summed E-state index contributed by atoms with van der Waals surface area (Å²) in [5.74, 6) is 0. The molecule has 0 unspecified atom stereocenters. The van der Waals surface area contributed by atoms with Crippen LogP contribution in [0.2, 0.25) is 0 Å². The number of allylic oxidation sites excluding steroid dienone is 1. The van der Waals surface area contributed by atoms with Gasteiger partial charge in [0, 0.05) is 11.9 Å². The Morgan fingerprint density at radius 2 is 2.50 bits per heavy atom. The van der Waals surface area contributed by atoms with Gasteiger partial charge in [-0.25, -0.2) is 4.39 Å². The van der Waals surface area contributed by atoms with Crippen molar-refractivity contribution in [3.05, 3.63) is 11.9 Å². The third-order valence-electron chi connectivity index (χ3n) is 1.38. The first-order valence-corrected chi connectivity index (χ1v) is 3.41. The average Bonchev–Trinajstić information content (AvgIpc) is 2.37. The molecule has 0 saturated heterocycles. The van der Waals surface area contributed by atoms with E-state index in [1.165, 1.54) is 0 Å². The Balaban J connectivity index is 2.32. The normalized spacial score (nSPS) is 17.0. The molecule has 0 aromatic carbocycles. The van der Waals surface area contributed by atoms with Gasteiger partial charge in [-0.15, -0.1) is 5.53 Å². The highest BCUT2D eigenvalue weighted by molar-refractivity contribution is 5.00. The second-order valence-electron chi connectivity index (χ2n) is 2.13. The molecule has 1 heterocycles. The Labute approximate surface area is 59.8 Å². The lowest BCUT2D eigenvalue weighted by molar-refractivity contribution is 0.246. The van der Waals surface area contributed by atoms with E-state index in [0.717, 1.165) is 12.1 Å². The maximum Gasteiger partial charge on any atom is 0.109 e. The zero-order valence-corrected chi connectivity index (χ0v) is 6.02. The van der Waals surface area contributed by atoms with Crippen LogP contribution in [0.5, 0.6) is 0 Å². The van der Waals surface area contributed by atoms with E-state index in [9.17, 15) is 4.39 Å². The van der Waals surface area contributed by atoms with E-state index in [1.807, 2.05) is 13.1 Å². The molecule has 0 atom stereocenters. The first kappa shape index (κ1) is 7.34. The topological polar surface area (TPSA) is 27.3 Å². The molecular formula is C6H12FN3. The van der Waals surface area contributed by atoms with Gasteiger partial charge in [-0.05, 0) is 6.42 Å². The summed E-state index contributed by atoms with van der Waals surface area (Å²) in [6, 6.07) is 0. The van der Waals surface area contributed by atoms with Crippen molar-refractivity contribution >= 4 is 0 Å². The van der Waals surface area contributed by atoms with E-state index in [1.54, 1.807) is 5.01 Å². The molecule has 0 amide bonds. The summed E-state index contributed by atoms with van der Waals surface area (Å²) in [5, 5.41) is 1.69. The standard InChI is InChI=1S/C6H12FN3/c1-2-6-5-10(4-3-7)9-8-6/h5,8-9H,2-4H2,1H3. The van der Waals surface area contributed by atoms with Gasteiger partial charge in [-0.1, -0.05) is 6.92 Å². The summed E-state index contributed by atoms with van der Waals surface area (Å²) in [7, 11) is 0. The fourth-order valence-corrected chi connectivity index (χ4v) is 0.787. The number of alkyl halides is 1. The van der Waals surface area contributed by atoms with Crippen molar-refractivity contribution in [1.29, 1.82) is 0 Å². The molecule has 1 rings (SSSR count). The van der Waals surface area contributed by atoms with Gasteiger partial charge in [-0.3, -0.25) is 5.01 Å². The monoisotopic (exact) mass is 145 g/mol. The molecule has 0 saturated carbocycles. The third-order valence-corrected chi connectivity index (χ3v) is 1.38. The minimum Gasteiger partial charge on any atom is -0.306 e. The van der Waals surface area contributed by atoms with E-state index in [4.69, 9.17) is 0 Å². The summed E-state index contributed by atoms with van der Waals surface area (Å²) in [6.45, 7) is 2.11. The third kappa shape index (κ3) is 1.60. The molecule has 0 aliphatic carbocycles. The highest BCUT2D eigenvalue weighted by atomic mass is 19.1. The minimum absolute atomic E-state index is 0.331. The molecule has 0 aromatic rings. The van der Waals surface area contributed by atoms with Gasteiger partial charge in [0.25, 0.3) is 0 Å². The van der Waals surface area contributed by atoms with E-state index in [-0.39, 0.29) is 6.67 Å². The quantitative estimate of drug-likeness (QED) is 0.606. The number of hydrazine groups is 2. The zero-order valence-electron chi connectivity index (χ0n) is 6.02. The molecular weight excluding hydrogens is 133 g/mol. The molecule has 4 heteroatoms. The fraction of sp³-hybridized carbons (Fsp3) is 0.667. The summed E-state index contributed by atoms with van der Waals surface area (Å²) in [5.41, 5.74) is 6.81. The number of nitrogens with one attached hydrogen (secondary N) is 2. The molecule has 3 nitrogen and oxygen atoms in total. The number of halogens is 1. The van der Waals surface area contributed by atoms with Crippen LogP contribution in [0.25, 0.3) is 0 Å². The molecule has 0 fully saturated rings. The van der Waals surface area contributed by atoms with Gasteiger partial charge < -0.3 is 5.43 Å². The highest BCUT2D eigenvalue weighted by Crippen LogP contribution is 2.01. The average molecular weight is 145 g/mol. The zero-order chi connectivity index (χ0) is 7.40. The van der Waals surface area contributed by atoms with Crippen LogP contribution in [0.3, 0.4) is 0 Å². The van der Waals surface area contributed by atoms with E-state index in [2.05, 4.69) is 11.0 Å². The molecule has 58 valence electrons. The van der Waals surface area contributed by atoms with Crippen molar-refractivity contribution in [2.24, 2.45) is 0 Å². The lowest BCUT2D eigenvalue weighted by atomic mass is 10.4. The van der Waals surface area contributed by atoms with Gasteiger partial charge in [0.1, 0.15) is 6.67 Å². The molecule has 10 heavy (non-hydrogen) atoms. The van der Waals surface area contributed by atoms with Gasteiger partial charge >= 0.3 is 0 Å². The molecule has 0 aromatic heterocycles. The number of hydrogen-bond donors (Lipinski definition) is 2. The van der Waals surface area contributed by atoms with E-state index < -0.39 is 0 Å². The Hall–Kier alpha value is -0.770. The van der Waals surface area contributed by atoms with Crippen LogP contribution in [-0.4, -0.2) is 18.2 Å². The van der Waals surface area contributed by atoms with Crippen LogP contribution in [-0.2, 0) is 0 Å². The van der Waals surface area contributed by atoms with Crippen molar-refractivity contribution < 1.29 is 4.39 Å². The summed E-state index contributed by atoms with van der Waals surface area (Å²) in [4.78, 5) is 0. The lowest BCUT2D eigenvalue weighted by Gasteiger charge is -2.11. The van der Waals surface area contributed by atoms with Gasteiger partial charge in [0.2, 0.25) is 0 Å². The van der Waals surface area contributed by atoms with Crippen molar-refractivity contribution in [2.45, 2.75) is 13.3 Å². The van der Waals surface area contributed by atoms with Gasteiger partial charge in [0.05, 0.1) is 6.54 Å². The predicted molar refractivity (Wildman–Crippen MR) is 37.3 cm³/mol. The number of hydrogen-bond acceptors (Lipinski definition) is 3. The first-order valence-electron chi connectivity index (χ1n) is 3.41. The van der Waals surface area contributed by atoms with Crippen molar-refractivity contribution in [2.75, 3.05) is 13.2 Å². The Bertz CT molecular complexity index is 135. The Morgan fingerprint density at radius 3 is 3.00 bits per heavy atom. The molecule has 0 bridgehead atoms.